The van der Waals surface area contributed by atoms with Crippen LogP contribution in [-0.4, -0.2) is 44.6 Å². The monoisotopic (exact) mass is 391 g/mol. The Kier molecular flexibility index (Phi) is 6.99. The molecule has 1 heterocycles. The van der Waals surface area contributed by atoms with E-state index in [-0.39, 0.29) is 19.0 Å². The highest BCUT2D eigenvalue weighted by atomic mass is 32.2. The third kappa shape index (κ3) is 6.77. The maximum absolute atomic E-state index is 12.2. The number of hydrogen-bond acceptors (Lipinski definition) is 6. The van der Waals surface area contributed by atoms with Gasteiger partial charge in [-0.3, -0.25) is 14.6 Å². The highest BCUT2D eigenvalue weighted by Crippen LogP contribution is 2.13. The molecule has 0 spiro atoms. The number of nitrogens with two attached hydrogens (primary N) is 1. The highest BCUT2D eigenvalue weighted by molar-refractivity contribution is 7.88. The van der Waals surface area contributed by atoms with Crippen LogP contribution < -0.4 is 21.1 Å². The number of rotatable bonds is 8. The Hall–Kier alpha value is -2.82. The number of hydrogen-bond donors (Lipinski definition) is 4. The first kappa shape index (κ1) is 20.5. The molecule has 5 N–H and O–H groups in total. The van der Waals surface area contributed by atoms with Crippen molar-refractivity contribution in [1.29, 1.82) is 0 Å². The first-order valence-corrected chi connectivity index (χ1v) is 9.94. The van der Waals surface area contributed by atoms with E-state index < -0.39 is 22.0 Å². The second kappa shape index (κ2) is 9.21. The van der Waals surface area contributed by atoms with Crippen molar-refractivity contribution >= 4 is 27.5 Å². The lowest BCUT2D eigenvalue weighted by atomic mass is 10.0. The molecule has 0 aliphatic carbocycles. The van der Waals surface area contributed by atoms with Crippen LogP contribution >= 0.6 is 0 Å². The number of sulfonamides is 1. The predicted molar refractivity (Wildman–Crippen MR) is 101 cm³/mol. The Balaban J connectivity index is 1.89. The SMILES string of the molecule is CS(=O)(=O)NCCNC(=O)C(N)c1ccc(C(=O)Nc2ccncc2)cc1. The number of pyridine rings is 1. The molecule has 27 heavy (non-hydrogen) atoms. The van der Waals surface area contributed by atoms with Gasteiger partial charge in [-0.1, -0.05) is 12.1 Å². The zero-order chi connectivity index (χ0) is 19.9. The van der Waals surface area contributed by atoms with Gasteiger partial charge in [0.1, 0.15) is 6.04 Å². The quantitative estimate of drug-likeness (QED) is 0.466. The fraction of sp³-hybridized carbons (Fsp3) is 0.235. The number of carbonyl (C=O) groups is 2. The lowest BCUT2D eigenvalue weighted by Crippen LogP contribution is -2.39. The van der Waals surface area contributed by atoms with E-state index in [1.54, 1.807) is 48.8 Å². The van der Waals surface area contributed by atoms with Crippen LogP contribution in [0.5, 0.6) is 0 Å². The van der Waals surface area contributed by atoms with Gasteiger partial charge in [0, 0.05) is 36.7 Å². The van der Waals surface area contributed by atoms with Crippen molar-refractivity contribution in [2.75, 3.05) is 24.7 Å². The fourth-order valence-electron chi connectivity index (χ4n) is 2.16. The van der Waals surface area contributed by atoms with Gasteiger partial charge < -0.3 is 16.4 Å². The van der Waals surface area contributed by atoms with Crippen LogP contribution in [-0.2, 0) is 14.8 Å². The minimum absolute atomic E-state index is 0.0748. The predicted octanol–water partition coefficient (Wildman–Crippen LogP) is -0.000900. The van der Waals surface area contributed by atoms with Crippen molar-refractivity contribution in [1.82, 2.24) is 15.0 Å². The topological polar surface area (TPSA) is 143 Å². The summed E-state index contributed by atoms with van der Waals surface area (Å²) in [6.07, 6.45) is 4.18. The van der Waals surface area contributed by atoms with Crippen LogP contribution in [0.1, 0.15) is 22.0 Å². The minimum Gasteiger partial charge on any atom is -0.353 e. The molecular formula is C17H21N5O4S. The van der Waals surface area contributed by atoms with E-state index in [1.165, 1.54) is 0 Å². The van der Waals surface area contributed by atoms with Gasteiger partial charge in [-0.15, -0.1) is 0 Å². The first-order valence-electron chi connectivity index (χ1n) is 8.05. The van der Waals surface area contributed by atoms with E-state index in [9.17, 15) is 18.0 Å². The summed E-state index contributed by atoms with van der Waals surface area (Å²) in [5, 5.41) is 5.28. The van der Waals surface area contributed by atoms with Gasteiger partial charge >= 0.3 is 0 Å². The molecule has 0 bridgehead atoms. The number of aromatic nitrogens is 1. The second-order valence-corrected chi connectivity index (χ2v) is 7.58. The minimum atomic E-state index is -3.30. The molecule has 144 valence electrons. The molecule has 1 unspecified atom stereocenters. The summed E-state index contributed by atoms with van der Waals surface area (Å²) >= 11 is 0. The molecule has 0 saturated carbocycles. The largest absolute Gasteiger partial charge is 0.353 e. The number of anilines is 1. The fourth-order valence-corrected chi connectivity index (χ4v) is 2.64. The average Bonchev–Trinajstić information content (AvgIpc) is 2.64. The summed E-state index contributed by atoms with van der Waals surface area (Å²) in [7, 11) is -3.30. The van der Waals surface area contributed by atoms with E-state index in [4.69, 9.17) is 5.73 Å². The molecule has 0 aliphatic heterocycles. The third-order valence-corrected chi connectivity index (χ3v) is 4.27. The van der Waals surface area contributed by atoms with E-state index in [0.29, 0.717) is 16.8 Å². The summed E-state index contributed by atoms with van der Waals surface area (Å²) in [5.41, 5.74) is 7.47. The summed E-state index contributed by atoms with van der Waals surface area (Å²) in [4.78, 5) is 28.1. The second-order valence-electron chi connectivity index (χ2n) is 5.75. The number of nitrogens with one attached hydrogen (secondary N) is 3. The van der Waals surface area contributed by atoms with E-state index in [2.05, 4.69) is 20.3 Å². The van der Waals surface area contributed by atoms with E-state index >= 15 is 0 Å². The molecule has 1 aromatic heterocycles. The normalized spacial score (nSPS) is 12.2. The van der Waals surface area contributed by atoms with Crippen molar-refractivity contribution in [3.8, 4) is 0 Å². The van der Waals surface area contributed by atoms with Crippen LogP contribution in [0.3, 0.4) is 0 Å². The molecule has 0 saturated heterocycles. The maximum atomic E-state index is 12.2. The zero-order valence-electron chi connectivity index (χ0n) is 14.7. The lowest BCUT2D eigenvalue weighted by molar-refractivity contribution is -0.122. The van der Waals surface area contributed by atoms with Crippen molar-refractivity contribution < 1.29 is 18.0 Å². The Morgan fingerprint density at radius 2 is 1.70 bits per heavy atom. The van der Waals surface area contributed by atoms with Crippen LogP contribution in [0.25, 0.3) is 0 Å². The molecule has 2 rings (SSSR count). The van der Waals surface area contributed by atoms with E-state index in [1.807, 2.05) is 0 Å². The summed E-state index contributed by atoms with van der Waals surface area (Å²) in [6.45, 7) is 0.192. The van der Waals surface area contributed by atoms with Crippen molar-refractivity contribution in [3.05, 3.63) is 59.9 Å². The summed E-state index contributed by atoms with van der Waals surface area (Å²) in [6, 6.07) is 8.76. The smallest absolute Gasteiger partial charge is 0.255 e. The Labute approximate surface area is 157 Å². The highest BCUT2D eigenvalue weighted by Gasteiger charge is 2.16. The van der Waals surface area contributed by atoms with E-state index in [0.717, 1.165) is 6.26 Å². The van der Waals surface area contributed by atoms with Gasteiger partial charge in [0.25, 0.3) is 5.91 Å². The number of nitrogens with zero attached hydrogens (tertiary/aromatic N) is 1. The molecule has 1 aromatic carbocycles. The number of amides is 2. The summed E-state index contributed by atoms with van der Waals surface area (Å²) < 4.78 is 24.2. The summed E-state index contributed by atoms with van der Waals surface area (Å²) in [5.74, 6) is -0.739. The molecule has 2 amide bonds. The maximum Gasteiger partial charge on any atom is 0.255 e. The molecule has 9 nitrogen and oxygen atoms in total. The molecule has 10 heteroatoms. The van der Waals surface area contributed by atoms with Gasteiger partial charge in [-0.2, -0.15) is 0 Å². The van der Waals surface area contributed by atoms with Crippen LogP contribution in [0, 0.1) is 0 Å². The van der Waals surface area contributed by atoms with Crippen LogP contribution in [0.4, 0.5) is 5.69 Å². The standard InChI is InChI=1S/C17H21N5O4S/c1-27(25,26)21-11-10-20-17(24)15(18)12-2-4-13(5-3-12)16(23)22-14-6-8-19-9-7-14/h2-9,15,21H,10-11,18H2,1H3,(H,20,24)(H,19,22,23). The van der Waals surface area contributed by atoms with Crippen LogP contribution in [0.2, 0.25) is 0 Å². The number of carbonyl (C=O) groups excluding carboxylic acids is 2. The van der Waals surface area contributed by atoms with Gasteiger partial charge in [0.2, 0.25) is 15.9 Å². The molecule has 2 aromatic rings. The third-order valence-electron chi connectivity index (χ3n) is 3.54. The van der Waals surface area contributed by atoms with Crippen LogP contribution in [0.15, 0.2) is 48.8 Å². The Morgan fingerprint density at radius 1 is 1.07 bits per heavy atom. The van der Waals surface area contributed by atoms with Crippen molar-refractivity contribution in [2.24, 2.45) is 5.73 Å². The van der Waals surface area contributed by atoms with Gasteiger partial charge in [0.15, 0.2) is 0 Å². The first-order chi connectivity index (χ1) is 12.8. The zero-order valence-corrected chi connectivity index (χ0v) is 15.5. The van der Waals surface area contributed by atoms with Gasteiger partial charge in [0.05, 0.1) is 6.26 Å². The van der Waals surface area contributed by atoms with Gasteiger partial charge in [-0.05, 0) is 29.8 Å². The molecule has 0 fully saturated rings. The van der Waals surface area contributed by atoms with Crippen molar-refractivity contribution in [3.63, 3.8) is 0 Å². The average molecular weight is 391 g/mol. The molecule has 1 atom stereocenters. The Bertz CT molecular complexity index is 885. The van der Waals surface area contributed by atoms with Gasteiger partial charge in [-0.25, -0.2) is 13.1 Å². The lowest BCUT2D eigenvalue weighted by Gasteiger charge is -2.13. The molecule has 0 aliphatic rings. The number of benzene rings is 1. The van der Waals surface area contributed by atoms with Crippen molar-refractivity contribution in [2.45, 2.75) is 6.04 Å². The Morgan fingerprint density at radius 3 is 2.30 bits per heavy atom. The molecule has 0 radical (unpaired) electrons. The molecular weight excluding hydrogens is 370 g/mol.